The van der Waals surface area contributed by atoms with Crippen LogP contribution in [0.3, 0.4) is 0 Å². The number of aryl methyl sites for hydroxylation is 1. The second-order valence-corrected chi connectivity index (χ2v) is 5.40. The summed E-state index contributed by atoms with van der Waals surface area (Å²) in [7, 11) is 0. The van der Waals surface area contributed by atoms with E-state index in [1.165, 1.54) is 27.8 Å². The molecule has 0 unspecified atom stereocenters. The van der Waals surface area contributed by atoms with Gasteiger partial charge in [0.25, 0.3) is 0 Å². The summed E-state index contributed by atoms with van der Waals surface area (Å²) in [5, 5.41) is 10.0. The number of aliphatic hydroxyl groups is 1. The van der Waals surface area contributed by atoms with E-state index in [9.17, 15) is 5.11 Å². The van der Waals surface area contributed by atoms with Crippen molar-refractivity contribution in [1.82, 2.24) is 0 Å². The van der Waals surface area contributed by atoms with Crippen LogP contribution in [0.4, 0.5) is 0 Å². The van der Waals surface area contributed by atoms with Gasteiger partial charge in [-0.15, -0.1) is 0 Å². The van der Waals surface area contributed by atoms with Gasteiger partial charge in [0.2, 0.25) is 0 Å². The summed E-state index contributed by atoms with van der Waals surface area (Å²) in [5.74, 6) is 0.461. The summed E-state index contributed by atoms with van der Waals surface area (Å²) in [4.78, 5) is 0. The molecule has 0 amide bonds. The number of hydrogen-bond donors (Lipinski definition) is 1. The first-order valence-electron chi connectivity index (χ1n) is 6.97. The highest BCUT2D eigenvalue weighted by molar-refractivity contribution is 5.78. The second kappa shape index (κ2) is 3.99. The van der Waals surface area contributed by atoms with Gasteiger partial charge in [0.15, 0.2) is 0 Å². The molecule has 2 aliphatic rings. The number of rotatable bonds is 0. The molecule has 0 atom stereocenters. The van der Waals surface area contributed by atoms with Gasteiger partial charge >= 0.3 is 0 Å². The van der Waals surface area contributed by atoms with Gasteiger partial charge in [0.05, 0.1) is 0 Å². The van der Waals surface area contributed by atoms with E-state index in [1.807, 2.05) is 6.08 Å². The second-order valence-electron chi connectivity index (χ2n) is 5.40. The highest BCUT2D eigenvalue weighted by atomic mass is 16.3. The fourth-order valence-corrected chi connectivity index (χ4v) is 3.48. The van der Waals surface area contributed by atoms with Gasteiger partial charge in [-0.05, 0) is 59.6 Å². The van der Waals surface area contributed by atoms with Gasteiger partial charge in [-0.25, -0.2) is 0 Å². The number of fused-ring (bicyclic) bond motifs is 5. The Morgan fingerprint density at radius 3 is 2.47 bits per heavy atom. The van der Waals surface area contributed by atoms with Crippen molar-refractivity contribution in [2.24, 2.45) is 0 Å². The van der Waals surface area contributed by atoms with E-state index in [0.29, 0.717) is 5.76 Å². The molecule has 0 heterocycles. The molecule has 0 radical (unpaired) electrons. The molecule has 0 fully saturated rings. The SMILES string of the molecule is OC1=CCCc2c1ccc1c2CCc2ccccc2-1. The molecule has 19 heavy (non-hydrogen) atoms. The zero-order valence-corrected chi connectivity index (χ0v) is 10.8. The predicted octanol–water partition coefficient (Wildman–Crippen LogP) is 4.30. The van der Waals surface area contributed by atoms with Crippen molar-refractivity contribution >= 4 is 5.76 Å². The van der Waals surface area contributed by atoms with Crippen molar-refractivity contribution in [1.29, 1.82) is 0 Å². The lowest BCUT2D eigenvalue weighted by molar-refractivity contribution is 0.504. The van der Waals surface area contributed by atoms with Crippen LogP contribution in [0, 0.1) is 0 Å². The fourth-order valence-electron chi connectivity index (χ4n) is 3.48. The third-order valence-corrected chi connectivity index (χ3v) is 4.39. The molecule has 0 bridgehead atoms. The van der Waals surface area contributed by atoms with Crippen molar-refractivity contribution < 1.29 is 5.11 Å². The normalized spacial score (nSPS) is 16.1. The molecule has 4 rings (SSSR count). The first kappa shape index (κ1) is 10.9. The number of allylic oxidation sites excluding steroid dienone is 1. The topological polar surface area (TPSA) is 20.2 Å². The number of aliphatic hydroxyl groups excluding tert-OH is 1. The van der Waals surface area contributed by atoms with E-state index in [2.05, 4.69) is 36.4 Å². The van der Waals surface area contributed by atoms with E-state index in [4.69, 9.17) is 0 Å². The lowest BCUT2D eigenvalue weighted by Crippen LogP contribution is -2.11. The van der Waals surface area contributed by atoms with Crippen LogP contribution >= 0.6 is 0 Å². The zero-order valence-electron chi connectivity index (χ0n) is 10.8. The molecule has 94 valence electrons. The van der Waals surface area contributed by atoms with E-state index in [0.717, 1.165) is 31.2 Å². The Morgan fingerprint density at radius 2 is 1.53 bits per heavy atom. The van der Waals surface area contributed by atoms with Gasteiger partial charge in [0, 0.05) is 5.56 Å². The van der Waals surface area contributed by atoms with Gasteiger partial charge < -0.3 is 5.11 Å². The van der Waals surface area contributed by atoms with Crippen LogP contribution in [0.1, 0.15) is 28.7 Å². The van der Waals surface area contributed by atoms with Crippen molar-refractivity contribution in [3.8, 4) is 11.1 Å². The van der Waals surface area contributed by atoms with Crippen molar-refractivity contribution in [2.45, 2.75) is 25.7 Å². The molecule has 2 aromatic carbocycles. The largest absolute Gasteiger partial charge is 0.508 e. The average Bonchev–Trinajstić information content (AvgIpc) is 2.47. The molecule has 1 N–H and O–H groups in total. The van der Waals surface area contributed by atoms with Crippen LogP contribution in [-0.4, -0.2) is 5.11 Å². The molecule has 1 nitrogen and oxygen atoms in total. The maximum absolute atomic E-state index is 10.0. The predicted molar refractivity (Wildman–Crippen MR) is 78.2 cm³/mol. The minimum Gasteiger partial charge on any atom is -0.508 e. The molecule has 0 aliphatic heterocycles. The maximum Gasteiger partial charge on any atom is 0.119 e. The Kier molecular flexibility index (Phi) is 2.28. The van der Waals surface area contributed by atoms with Crippen molar-refractivity contribution in [2.75, 3.05) is 0 Å². The molecular weight excluding hydrogens is 232 g/mol. The van der Waals surface area contributed by atoms with Crippen LogP contribution in [0.25, 0.3) is 16.9 Å². The van der Waals surface area contributed by atoms with Gasteiger partial charge in [-0.1, -0.05) is 36.4 Å². The first-order valence-corrected chi connectivity index (χ1v) is 6.97. The van der Waals surface area contributed by atoms with Crippen LogP contribution in [0.5, 0.6) is 0 Å². The molecule has 0 aromatic heterocycles. The van der Waals surface area contributed by atoms with E-state index in [1.54, 1.807) is 0 Å². The summed E-state index contributed by atoms with van der Waals surface area (Å²) >= 11 is 0. The van der Waals surface area contributed by atoms with Gasteiger partial charge in [-0.3, -0.25) is 0 Å². The highest BCUT2D eigenvalue weighted by Crippen LogP contribution is 2.39. The lowest BCUT2D eigenvalue weighted by Gasteiger charge is -2.26. The van der Waals surface area contributed by atoms with Gasteiger partial charge in [-0.2, -0.15) is 0 Å². The quantitative estimate of drug-likeness (QED) is 0.737. The van der Waals surface area contributed by atoms with E-state index in [-0.39, 0.29) is 0 Å². The average molecular weight is 248 g/mol. The Morgan fingerprint density at radius 1 is 0.737 bits per heavy atom. The molecule has 0 saturated heterocycles. The van der Waals surface area contributed by atoms with Crippen LogP contribution in [-0.2, 0) is 19.3 Å². The Labute approximate surface area is 113 Å². The third kappa shape index (κ3) is 1.54. The summed E-state index contributed by atoms with van der Waals surface area (Å²) in [6.45, 7) is 0. The van der Waals surface area contributed by atoms with Gasteiger partial charge in [0.1, 0.15) is 5.76 Å². The molecular formula is C18H16O. The van der Waals surface area contributed by atoms with Crippen molar-refractivity contribution in [3.63, 3.8) is 0 Å². The van der Waals surface area contributed by atoms with Crippen LogP contribution < -0.4 is 0 Å². The highest BCUT2D eigenvalue weighted by Gasteiger charge is 2.22. The van der Waals surface area contributed by atoms with Crippen LogP contribution in [0.15, 0.2) is 42.5 Å². The third-order valence-electron chi connectivity index (χ3n) is 4.39. The molecule has 2 aromatic rings. The molecule has 0 saturated carbocycles. The molecule has 0 spiro atoms. The molecule has 1 heteroatoms. The Balaban J connectivity index is 1.98. The summed E-state index contributed by atoms with van der Waals surface area (Å²) in [6.07, 6.45) is 6.17. The monoisotopic (exact) mass is 248 g/mol. The minimum atomic E-state index is 0.461. The summed E-state index contributed by atoms with van der Waals surface area (Å²) in [6, 6.07) is 13.0. The lowest BCUT2D eigenvalue weighted by atomic mass is 9.79. The fraction of sp³-hybridized carbons (Fsp3) is 0.222. The van der Waals surface area contributed by atoms with E-state index >= 15 is 0 Å². The summed E-state index contributed by atoms with van der Waals surface area (Å²) < 4.78 is 0. The standard InChI is InChI=1S/C18H16O/c19-18-7-3-6-14-16-9-8-12-4-1-2-5-13(12)15(16)10-11-17(14)18/h1-2,4-5,7,10-11,19H,3,6,8-9H2. The Hall–Kier alpha value is -2.02. The minimum absolute atomic E-state index is 0.461. The molecule has 2 aliphatic carbocycles. The zero-order chi connectivity index (χ0) is 12.8. The number of hydrogen-bond acceptors (Lipinski definition) is 1. The smallest absolute Gasteiger partial charge is 0.119 e. The van der Waals surface area contributed by atoms with E-state index < -0.39 is 0 Å². The Bertz CT molecular complexity index is 695. The summed E-state index contributed by atoms with van der Waals surface area (Å²) in [5.41, 5.74) is 8.06. The maximum atomic E-state index is 10.0. The van der Waals surface area contributed by atoms with Crippen molar-refractivity contribution in [3.05, 3.63) is 64.7 Å². The van der Waals surface area contributed by atoms with Crippen LogP contribution in [0.2, 0.25) is 0 Å². The first-order chi connectivity index (χ1) is 9.34. The number of benzene rings is 2.